The number of piperidine rings is 1. The first-order chi connectivity index (χ1) is 13.4. The van der Waals surface area contributed by atoms with E-state index in [0.717, 1.165) is 13.1 Å². The van der Waals surface area contributed by atoms with Gasteiger partial charge in [0.2, 0.25) is 11.8 Å². The molecule has 0 unspecified atom stereocenters. The number of carbonyl (C=O) groups is 2. The van der Waals surface area contributed by atoms with Crippen molar-refractivity contribution in [2.75, 3.05) is 44.2 Å². The summed E-state index contributed by atoms with van der Waals surface area (Å²) in [5.41, 5.74) is 4.99. The Balaban J connectivity index is 1.33. The highest BCUT2D eigenvalue weighted by Crippen LogP contribution is 2.47. The van der Waals surface area contributed by atoms with Crippen molar-refractivity contribution >= 4 is 17.5 Å². The number of nitrogens with two attached hydrogens (primary N) is 1. The highest BCUT2D eigenvalue weighted by Gasteiger charge is 2.57. The van der Waals surface area contributed by atoms with Crippen molar-refractivity contribution in [3.8, 4) is 0 Å². The number of carbonyl (C=O) groups excluding carboxylic acids is 2. The Labute approximate surface area is 163 Å². The standard InChI is InChI=1S/C20H27FN4O3/c21-14-3-1-2-4-15(14)23-9-11-24(12-10-23)16-5-8-25(13-17(16)26)19(28)20(6-7-20)18(22)27/h1-4,16-17,26H,5-13H2,(H2,22,27)/t16-,17-/m1/s1. The van der Waals surface area contributed by atoms with Crippen molar-refractivity contribution in [1.29, 1.82) is 0 Å². The quantitative estimate of drug-likeness (QED) is 0.716. The van der Waals surface area contributed by atoms with Crippen LogP contribution in [0.25, 0.3) is 0 Å². The van der Waals surface area contributed by atoms with Crippen LogP contribution >= 0.6 is 0 Å². The summed E-state index contributed by atoms with van der Waals surface area (Å²) in [5.74, 6) is -1.01. The van der Waals surface area contributed by atoms with Crippen LogP contribution in [0.15, 0.2) is 24.3 Å². The molecule has 2 aliphatic heterocycles. The number of hydrogen-bond acceptors (Lipinski definition) is 5. The summed E-state index contributed by atoms with van der Waals surface area (Å²) >= 11 is 0. The molecule has 0 bridgehead atoms. The number of anilines is 1. The smallest absolute Gasteiger partial charge is 0.238 e. The van der Waals surface area contributed by atoms with E-state index in [0.29, 0.717) is 44.6 Å². The number of primary amides is 1. The number of aliphatic hydroxyl groups is 1. The second kappa shape index (κ2) is 7.33. The van der Waals surface area contributed by atoms with Crippen LogP contribution in [0.5, 0.6) is 0 Å². The zero-order chi connectivity index (χ0) is 19.9. The van der Waals surface area contributed by atoms with Crippen LogP contribution in [-0.2, 0) is 9.59 Å². The number of para-hydroxylation sites is 1. The number of benzene rings is 1. The van der Waals surface area contributed by atoms with Crippen LogP contribution in [0, 0.1) is 11.2 Å². The number of piperazine rings is 1. The van der Waals surface area contributed by atoms with Crippen molar-refractivity contribution in [2.45, 2.75) is 31.4 Å². The van der Waals surface area contributed by atoms with Crippen molar-refractivity contribution in [2.24, 2.45) is 11.1 Å². The first-order valence-corrected chi connectivity index (χ1v) is 9.93. The van der Waals surface area contributed by atoms with Gasteiger partial charge in [-0.3, -0.25) is 14.5 Å². The average Bonchev–Trinajstić information content (AvgIpc) is 3.50. The van der Waals surface area contributed by atoms with Gasteiger partial charge in [0.05, 0.1) is 11.8 Å². The molecule has 0 aromatic heterocycles. The predicted molar refractivity (Wildman–Crippen MR) is 102 cm³/mol. The Bertz CT molecular complexity index is 762. The van der Waals surface area contributed by atoms with Gasteiger partial charge in [-0.2, -0.15) is 0 Å². The van der Waals surface area contributed by atoms with Gasteiger partial charge >= 0.3 is 0 Å². The van der Waals surface area contributed by atoms with Crippen LogP contribution < -0.4 is 10.6 Å². The molecule has 1 aromatic rings. The molecule has 0 spiro atoms. The second-order valence-electron chi connectivity index (χ2n) is 8.10. The van der Waals surface area contributed by atoms with E-state index >= 15 is 0 Å². The van der Waals surface area contributed by atoms with Crippen molar-refractivity contribution < 1.29 is 19.1 Å². The van der Waals surface area contributed by atoms with Gasteiger partial charge < -0.3 is 20.6 Å². The topological polar surface area (TPSA) is 90.1 Å². The monoisotopic (exact) mass is 390 g/mol. The van der Waals surface area contributed by atoms with Gasteiger partial charge in [0, 0.05) is 45.3 Å². The lowest BCUT2D eigenvalue weighted by Crippen LogP contribution is -2.60. The number of amides is 2. The molecule has 152 valence electrons. The third-order valence-electron chi connectivity index (χ3n) is 6.44. The van der Waals surface area contributed by atoms with Crippen LogP contribution in [0.1, 0.15) is 19.3 Å². The first kappa shape index (κ1) is 19.1. The fraction of sp³-hybridized carbons (Fsp3) is 0.600. The molecule has 1 saturated carbocycles. The summed E-state index contributed by atoms with van der Waals surface area (Å²) in [6.07, 6.45) is 1.01. The number of halogens is 1. The first-order valence-electron chi connectivity index (χ1n) is 9.93. The molecule has 1 aromatic carbocycles. The lowest BCUT2D eigenvalue weighted by atomic mass is 9.96. The van der Waals surface area contributed by atoms with E-state index in [1.165, 1.54) is 6.07 Å². The summed E-state index contributed by atoms with van der Waals surface area (Å²) < 4.78 is 14.0. The van der Waals surface area contributed by atoms with Gasteiger partial charge in [0.1, 0.15) is 11.2 Å². The molecule has 3 fully saturated rings. The Morgan fingerprint density at radius 3 is 2.36 bits per heavy atom. The fourth-order valence-corrected chi connectivity index (χ4v) is 4.53. The van der Waals surface area contributed by atoms with E-state index in [9.17, 15) is 19.1 Å². The van der Waals surface area contributed by atoms with Crippen molar-refractivity contribution in [3.05, 3.63) is 30.1 Å². The van der Waals surface area contributed by atoms with E-state index in [2.05, 4.69) is 4.90 Å². The van der Waals surface area contributed by atoms with E-state index in [1.807, 2.05) is 11.0 Å². The lowest BCUT2D eigenvalue weighted by Gasteiger charge is -2.45. The van der Waals surface area contributed by atoms with Crippen molar-refractivity contribution in [1.82, 2.24) is 9.80 Å². The number of likely N-dealkylation sites (tertiary alicyclic amines) is 1. The van der Waals surface area contributed by atoms with Gasteiger partial charge in [-0.25, -0.2) is 4.39 Å². The molecule has 1 aliphatic carbocycles. The van der Waals surface area contributed by atoms with Crippen LogP contribution in [0.4, 0.5) is 10.1 Å². The predicted octanol–water partition coefficient (Wildman–Crippen LogP) is 0.175. The van der Waals surface area contributed by atoms with Gasteiger partial charge in [0.15, 0.2) is 0 Å². The van der Waals surface area contributed by atoms with E-state index in [-0.39, 0.29) is 24.3 Å². The molecule has 3 aliphatic rings. The minimum atomic E-state index is -1.03. The molecule has 2 amide bonds. The summed E-state index contributed by atoms with van der Waals surface area (Å²) in [4.78, 5) is 30.1. The Kier molecular flexibility index (Phi) is 5.01. The van der Waals surface area contributed by atoms with Crippen LogP contribution in [-0.4, -0.2) is 78.1 Å². The molecule has 28 heavy (non-hydrogen) atoms. The minimum Gasteiger partial charge on any atom is -0.390 e. The summed E-state index contributed by atoms with van der Waals surface area (Å²) in [6.45, 7) is 3.59. The van der Waals surface area contributed by atoms with Gasteiger partial charge in [0.25, 0.3) is 0 Å². The molecular weight excluding hydrogens is 363 g/mol. The summed E-state index contributed by atoms with van der Waals surface area (Å²) in [7, 11) is 0. The van der Waals surface area contributed by atoms with Crippen LogP contribution in [0.3, 0.4) is 0 Å². The average molecular weight is 390 g/mol. The fourth-order valence-electron chi connectivity index (χ4n) is 4.53. The Hall–Kier alpha value is -2.19. The highest BCUT2D eigenvalue weighted by molar-refractivity contribution is 6.07. The number of rotatable bonds is 4. The molecule has 3 N–H and O–H groups in total. The maximum atomic E-state index is 14.0. The Morgan fingerprint density at radius 2 is 1.79 bits per heavy atom. The normalized spacial score (nSPS) is 27.5. The third kappa shape index (κ3) is 3.35. The third-order valence-corrected chi connectivity index (χ3v) is 6.44. The minimum absolute atomic E-state index is 0.0319. The van der Waals surface area contributed by atoms with Crippen molar-refractivity contribution in [3.63, 3.8) is 0 Å². The molecular formula is C20H27FN4O3. The number of nitrogens with zero attached hydrogens (tertiary/aromatic N) is 3. The molecule has 2 saturated heterocycles. The van der Waals surface area contributed by atoms with E-state index < -0.39 is 17.4 Å². The molecule has 2 heterocycles. The second-order valence-corrected chi connectivity index (χ2v) is 8.10. The number of hydrogen-bond donors (Lipinski definition) is 2. The SMILES string of the molecule is NC(=O)C1(C(=O)N2CC[C@@H](N3CCN(c4ccccc4F)CC3)[C@H](O)C2)CC1. The largest absolute Gasteiger partial charge is 0.390 e. The molecule has 0 radical (unpaired) electrons. The zero-order valence-corrected chi connectivity index (χ0v) is 15.9. The van der Waals surface area contributed by atoms with Gasteiger partial charge in [-0.15, -0.1) is 0 Å². The molecule has 4 rings (SSSR count). The molecule has 7 nitrogen and oxygen atoms in total. The number of aliphatic hydroxyl groups excluding tert-OH is 1. The Morgan fingerprint density at radius 1 is 1.11 bits per heavy atom. The number of β-amino-alcohol motifs (C(OH)–C–C–N with tert-alkyl or cyclic N) is 1. The molecule has 2 atom stereocenters. The van der Waals surface area contributed by atoms with E-state index in [1.54, 1.807) is 17.0 Å². The highest BCUT2D eigenvalue weighted by atomic mass is 19.1. The maximum Gasteiger partial charge on any atom is 0.238 e. The maximum absolute atomic E-state index is 14.0. The summed E-state index contributed by atoms with van der Waals surface area (Å²) in [5, 5.41) is 10.7. The van der Waals surface area contributed by atoms with Crippen LogP contribution in [0.2, 0.25) is 0 Å². The molecule has 8 heteroatoms. The van der Waals surface area contributed by atoms with Gasteiger partial charge in [-0.05, 0) is 31.4 Å². The van der Waals surface area contributed by atoms with Gasteiger partial charge in [-0.1, -0.05) is 12.1 Å². The lowest BCUT2D eigenvalue weighted by molar-refractivity contribution is -0.147. The summed E-state index contributed by atoms with van der Waals surface area (Å²) in [6, 6.07) is 6.74. The van der Waals surface area contributed by atoms with E-state index in [4.69, 9.17) is 5.73 Å². The zero-order valence-electron chi connectivity index (χ0n) is 15.9.